The van der Waals surface area contributed by atoms with E-state index in [4.69, 9.17) is 0 Å². The van der Waals surface area contributed by atoms with Gasteiger partial charge in [0.1, 0.15) is 5.60 Å². The number of likely N-dealkylation sites (tertiary alicyclic amines) is 1. The highest BCUT2D eigenvalue weighted by molar-refractivity contribution is 5.94. The van der Waals surface area contributed by atoms with Crippen molar-refractivity contribution in [2.45, 2.75) is 12.0 Å². The molecule has 0 radical (unpaired) electrons. The van der Waals surface area contributed by atoms with E-state index < -0.39 is 11.4 Å². The van der Waals surface area contributed by atoms with Crippen molar-refractivity contribution >= 4 is 11.7 Å². The number of aliphatic hydroxyl groups is 2. The fraction of sp³-hybridized carbons (Fsp3) is 0.389. The summed E-state index contributed by atoms with van der Waals surface area (Å²) in [6.07, 6.45) is 1.47. The second kappa shape index (κ2) is 6.97. The van der Waals surface area contributed by atoms with Gasteiger partial charge in [0, 0.05) is 31.8 Å². The van der Waals surface area contributed by atoms with Crippen molar-refractivity contribution in [2.24, 2.45) is 0 Å². The molecule has 1 aromatic heterocycles. The maximum atomic E-state index is 13.7. The smallest absolute Gasteiger partial charge is 0.253 e. The minimum atomic E-state index is -1.22. The van der Waals surface area contributed by atoms with Crippen molar-refractivity contribution < 1.29 is 19.4 Å². The fourth-order valence-corrected chi connectivity index (χ4v) is 2.91. The van der Waals surface area contributed by atoms with Gasteiger partial charge in [-0.15, -0.1) is 0 Å². The molecule has 1 saturated heterocycles. The van der Waals surface area contributed by atoms with Gasteiger partial charge in [-0.1, -0.05) is 12.1 Å². The minimum Gasteiger partial charge on any atom is -0.393 e. The Labute approximate surface area is 150 Å². The maximum absolute atomic E-state index is 13.7. The second-order valence-corrected chi connectivity index (χ2v) is 6.70. The number of amides is 1. The summed E-state index contributed by atoms with van der Waals surface area (Å²) in [4.78, 5) is 23.8. The van der Waals surface area contributed by atoms with Gasteiger partial charge in [-0.3, -0.25) is 4.79 Å². The number of carbonyl (C=O) groups is 1. The van der Waals surface area contributed by atoms with Gasteiger partial charge in [0.15, 0.2) is 17.5 Å². The monoisotopic (exact) mass is 360 g/mol. The summed E-state index contributed by atoms with van der Waals surface area (Å²) in [6.45, 7) is 0.133. The predicted molar refractivity (Wildman–Crippen MR) is 94.3 cm³/mol. The molecule has 0 aliphatic carbocycles. The quantitative estimate of drug-likeness (QED) is 0.843. The Morgan fingerprint density at radius 3 is 2.62 bits per heavy atom. The van der Waals surface area contributed by atoms with Crippen LogP contribution in [0.1, 0.15) is 16.8 Å². The largest absolute Gasteiger partial charge is 0.393 e. The summed E-state index contributed by atoms with van der Waals surface area (Å²) in [5.41, 5.74) is -0.0936. The molecule has 3 rings (SSSR count). The lowest BCUT2D eigenvalue weighted by Gasteiger charge is -2.21. The summed E-state index contributed by atoms with van der Waals surface area (Å²) >= 11 is 0. The molecule has 26 heavy (non-hydrogen) atoms. The number of hydrogen-bond acceptors (Lipinski definition) is 6. The zero-order chi connectivity index (χ0) is 18.9. The number of hydrogen-bond donors (Lipinski definition) is 2. The number of carbonyl (C=O) groups excluding carboxylic acids is 1. The van der Waals surface area contributed by atoms with Crippen molar-refractivity contribution in [2.75, 3.05) is 38.7 Å². The summed E-state index contributed by atoms with van der Waals surface area (Å²) in [5, 5.41) is 19.3. The van der Waals surface area contributed by atoms with Crippen LogP contribution in [0.25, 0.3) is 11.4 Å². The van der Waals surface area contributed by atoms with E-state index in [1.165, 1.54) is 4.90 Å². The molecule has 0 saturated carbocycles. The van der Waals surface area contributed by atoms with Crippen LogP contribution in [0.2, 0.25) is 0 Å². The Morgan fingerprint density at radius 1 is 1.35 bits per heavy atom. The molecule has 2 aromatic rings. The number of anilines is 1. The number of aliphatic hydroxyl groups excluding tert-OH is 1. The SMILES string of the molecule is CN(C)c1nc(-c2ccc(C(=O)N3CCC(O)(CO)C3)cc2)ncc1F. The van der Waals surface area contributed by atoms with Crippen LogP contribution < -0.4 is 4.90 Å². The van der Waals surface area contributed by atoms with Gasteiger partial charge in [-0.05, 0) is 18.6 Å². The molecule has 1 atom stereocenters. The molecule has 2 heterocycles. The topological polar surface area (TPSA) is 89.8 Å². The minimum absolute atomic E-state index is 0.108. The second-order valence-electron chi connectivity index (χ2n) is 6.70. The third-order valence-corrected chi connectivity index (χ3v) is 4.45. The average Bonchev–Trinajstić information content (AvgIpc) is 3.04. The maximum Gasteiger partial charge on any atom is 0.253 e. The van der Waals surface area contributed by atoms with E-state index in [0.717, 1.165) is 6.20 Å². The van der Waals surface area contributed by atoms with E-state index in [9.17, 15) is 19.4 Å². The Bertz CT molecular complexity index is 813. The first-order chi connectivity index (χ1) is 12.3. The molecule has 1 fully saturated rings. The molecule has 1 amide bonds. The van der Waals surface area contributed by atoms with Crippen molar-refractivity contribution in [3.8, 4) is 11.4 Å². The molecule has 1 aliphatic heterocycles. The Morgan fingerprint density at radius 2 is 2.04 bits per heavy atom. The first-order valence-electron chi connectivity index (χ1n) is 8.26. The molecular weight excluding hydrogens is 339 g/mol. The average molecular weight is 360 g/mol. The molecule has 1 unspecified atom stereocenters. The van der Waals surface area contributed by atoms with Crippen LogP contribution in [-0.4, -0.2) is 70.4 Å². The highest BCUT2D eigenvalue weighted by atomic mass is 19.1. The molecule has 1 aromatic carbocycles. The van der Waals surface area contributed by atoms with E-state index in [2.05, 4.69) is 9.97 Å². The number of benzene rings is 1. The Hall–Kier alpha value is -2.58. The molecule has 2 N–H and O–H groups in total. The van der Waals surface area contributed by atoms with Gasteiger partial charge in [-0.2, -0.15) is 0 Å². The molecule has 7 nitrogen and oxygen atoms in total. The number of nitrogens with zero attached hydrogens (tertiary/aromatic N) is 4. The molecule has 138 valence electrons. The zero-order valence-corrected chi connectivity index (χ0v) is 14.7. The molecule has 8 heteroatoms. The molecule has 1 aliphatic rings. The van der Waals surface area contributed by atoms with E-state index in [1.807, 2.05) is 0 Å². The van der Waals surface area contributed by atoms with Gasteiger partial charge in [0.25, 0.3) is 5.91 Å². The fourth-order valence-electron chi connectivity index (χ4n) is 2.91. The lowest BCUT2D eigenvalue weighted by molar-refractivity contribution is -0.00455. The summed E-state index contributed by atoms with van der Waals surface area (Å²) in [7, 11) is 3.39. The Kier molecular flexibility index (Phi) is 4.88. The van der Waals surface area contributed by atoms with Gasteiger partial charge in [0.2, 0.25) is 0 Å². The summed E-state index contributed by atoms with van der Waals surface area (Å²) in [6, 6.07) is 6.70. The first-order valence-corrected chi connectivity index (χ1v) is 8.26. The summed E-state index contributed by atoms with van der Waals surface area (Å²) < 4.78 is 13.7. The van der Waals surface area contributed by atoms with Gasteiger partial charge in [0.05, 0.1) is 19.3 Å². The van der Waals surface area contributed by atoms with Crippen LogP contribution >= 0.6 is 0 Å². The van der Waals surface area contributed by atoms with Crippen molar-refractivity contribution in [1.82, 2.24) is 14.9 Å². The normalized spacial score (nSPS) is 19.7. The van der Waals surface area contributed by atoms with E-state index in [1.54, 1.807) is 43.3 Å². The van der Waals surface area contributed by atoms with Gasteiger partial charge in [-0.25, -0.2) is 14.4 Å². The van der Waals surface area contributed by atoms with Gasteiger partial charge < -0.3 is 20.0 Å². The van der Waals surface area contributed by atoms with Crippen LogP contribution in [0.3, 0.4) is 0 Å². The molecular formula is C18H21FN4O3. The summed E-state index contributed by atoms with van der Waals surface area (Å²) in [5.74, 6) is -0.161. The van der Waals surface area contributed by atoms with Crippen LogP contribution in [0.4, 0.5) is 10.2 Å². The first kappa shape index (κ1) is 18.2. The van der Waals surface area contributed by atoms with Gasteiger partial charge >= 0.3 is 0 Å². The van der Waals surface area contributed by atoms with Crippen molar-refractivity contribution in [3.05, 3.63) is 41.8 Å². The highest BCUT2D eigenvalue weighted by Crippen LogP contribution is 2.24. The van der Waals surface area contributed by atoms with Crippen LogP contribution in [-0.2, 0) is 0 Å². The van der Waals surface area contributed by atoms with E-state index in [0.29, 0.717) is 29.9 Å². The predicted octanol–water partition coefficient (Wildman–Crippen LogP) is 0.918. The standard InChI is InChI=1S/C18H21FN4O3/c1-22(2)16-14(19)9-20-15(21-16)12-3-5-13(6-4-12)17(25)23-8-7-18(26,10-23)11-24/h3-6,9,24,26H,7-8,10-11H2,1-2H3. The zero-order valence-electron chi connectivity index (χ0n) is 14.7. The van der Waals surface area contributed by atoms with E-state index >= 15 is 0 Å². The lowest BCUT2D eigenvalue weighted by Crippen LogP contribution is -2.38. The molecule has 0 spiro atoms. The number of rotatable bonds is 4. The number of halogens is 1. The van der Waals surface area contributed by atoms with Crippen molar-refractivity contribution in [3.63, 3.8) is 0 Å². The van der Waals surface area contributed by atoms with Crippen molar-refractivity contribution in [1.29, 1.82) is 0 Å². The highest BCUT2D eigenvalue weighted by Gasteiger charge is 2.37. The number of β-amino-alcohol motifs (C(OH)–C–C–N with tert-alkyl or cyclic N) is 1. The van der Waals surface area contributed by atoms with Crippen LogP contribution in [0, 0.1) is 5.82 Å². The third-order valence-electron chi connectivity index (χ3n) is 4.45. The van der Waals surface area contributed by atoms with Crippen LogP contribution in [0.15, 0.2) is 30.5 Å². The molecule has 0 bridgehead atoms. The number of aromatic nitrogens is 2. The van der Waals surface area contributed by atoms with E-state index in [-0.39, 0.29) is 24.9 Å². The lowest BCUT2D eigenvalue weighted by atomic mass is 10.1. The Balaban J connectivity index is 1.79. The third kappa shape index (κ3) is 3.51. The van der Waals surface area contributed by atoms with Crippen LogP contribution in [0.5, 0.6) is 0 Å².